The predicted molar refractivity (Wildman–Crippen MR) is 116 cm³/mol. The van der Waals surface area contributed by atoms with E-state index in [1.807, 2.05) is 12.1 Å². The lowest BCUT2D eigenvalue weighted by molar-refractivity contribution is -0.113. The largest absolute Gasteiger partial charge is 0.303 e. The lowest BCUT2D eigenvalue weighted by atomic mass is 10.0. The molecule has 1 heterocycles. The highest BCUT2D eigenvalue weighted by molar-refractivity contribution is 7.89. The fraction of sp³-hybridized carbons (Fsp3) is 0.348. The first kappa shape index (κ1) is 21.4. The summed E-state index contributed by atoms with van der Waals surface area (Å²) >= 11 is 0. The fourth-order valence-corrected chi connectivity index (χ4v) is 4.79. The molecule has 0 amide bonds. The number of sulfonamides is 1. The zero-order valence-corrected chi connectivity index (χ0v) is 18.2. The number of rotatable bonds is 6. The molecule has 0 saturated carbocycles. The molecule has 0 aromatic heterocycles. The van der Waals surface area contributed by atoms with Gasteiger partial charge in [0.05, 0.1) is 4.90 Å². The van der Waals surface area contributed by atoms with Crippen LogP contribution in [0.1, 0.15) is 31.9 Å². The van der Waals surface area contributed by atoms with Gasteiger partial charge in [-0.1, -0.05) is 42.5 Å². The molecule has 29 heavy (non-hydrogen) atoms. The Hall–Kier alpha value is -2.28. The molecule has 0 saturated heterocycles. The normalized spacial score (nSPS) is 16.5. The van der Waals surface area contributed by atoms with E-state index in [-0.39, 0.29) is 17.2 Å². The second-order valence-corrected chi connectivity index (χ2v) is 9.62. The van der Waals surface area contributed by atoms with Gasteiger partial charge in [-0.25, -0.2) is 8.42 Å². The van der Waals surface area contributed by atoms with Crippen LogP contribution in [0.3, 0.4) is 0 Å². The summed E-state index contributed by atoms with van der Waals surface area (Å²) in [6.07, 6.45) is 2.18. The zero-order chi connectivity index (χ0) is 21.2. The Morgan fingerprint density at radius 3 is 2.00 bits per heavy atom. The third-order valence-electron chi connectivity index (χ3n) is 5.62. The van der Waals surface area contributed by atoms with E-state index < -0.39 is 10.0 Å². The van der Waals surface area contributed by atoms with Crippen LogP contribution in [0.5, 0.6) is 0 Å². The van der Waals surface area contributed by atoms with Crippen LogP contribution in [0.2, 0.25) is 0 Å². The van der Waals surface area contributed by atoms with Crippen LogP contribution in [0.4, 0.5) is 0 Å². The van der Waals surface area contributed by atoms with Gasteiger partial charge in [0.2, 0.25) is 10.0 Å². The van der Waals surface area contributed by atoms with Gasteiger partial charge in [-0.15, -0.1) is 0 Å². The van der Waals surface area contributed by atoms with Crippen molar-refractivity contribution in [2.24, 2.45) is 0 Å². The van der Waals surface area contributed by atoms with Crippen LogP contribution in [-0.2, 0) is 14.8 Å². The lowest BCUT2D eigenvalue weighted by Crippen LogP contribution is -2.35. The fourth-order valence-electron chi connectivity index (χ4n) is 3.41. The van der Waals surface area contributed by atoms with Crippen LogP contribution in [0.25, 0.3) is 11.1 Å². The summed E-state index contributed by atoms with van der Waals surface area (Å²) in [6, 6.07) is 15.7. The van der Waals surface area contributed by atoms with E-state index in [0.717, 1.165) is 11.1 Å². The first-order valence-corrected chi connectivity index (χ1v) is 11.2. The molecule has 5 nitrogen and oxygen atoms in total. The summed E-state index contributed by atoms with van der Waals surface area (Å²) < 4.78 is 27.2. The molecule has 0 N–H and O–H groups in total. The predicted octanol–water partition coefficient (Wildman–Crippen LogP) is 3.89. The summed E-state index contributed by atoms with van der Waals surface area (Å²) in [5.74, 6) is 0.0115. The van der Waals surface area contributed by atoms with Crippen LogP contribution in [-0.4, -0.2) is 50.6 Å². The number of nitrogens with zero attached hydrogens (tertiary/aromatic N) is 2. The maximum absolute atomic E-state index is 12.9. The molecule has 0 fully saturated rings. The smallest absolute Gasteiger partial charge is 0.243 e. The lowest BCUT2D eigenvalue weighted by Gasteiger charge is -2.25. The average Bonchev–Trinajstić information content (AvgIpc) is 2.73. The number of hydrogen-bond donors (Lipinski definition) is 0. The highest BCUT2D eigenvalue weighted by Gasteiger charge is 2.26. The molecule has 1 aliphatic rings. The van der Waals surface area contributed by atoms with Crippen LogP contribution in [0, 0.1) is 0 Å². The molecule has 154 valence electrons. The van der Waals surface area contributed by atoms with Crippen molar-refractivity contribution in [1.29, 1.82) is 0 Å². The Labute approximate surface area is 173 Å². The van der Waals surface area contributed by atoms with Crippen molar-refractivity contribution < 1.29 is 13.2 Å². The van der Waals surface area contributed by atoms with E-state index in [4.69, 9.17) is 0 Å². The highest BCUT2D eigenvalue weighted by Crippen LogP contribution is 2.26. The van der Waals surface area contributed by atoms with Gasteiger partial charge in [0.15, 0.2) is 5.78 Å². The van der Waals surface area contributed by atoms with Crippen molar-refractivity contribution in [3.8, 4) is 11.1 Å². The van der Waals surface area contributed by atoms with E-state index in [1.165, 1.54) is 16.8 Å². The number of carbonyl (C=O) groups excluding carboxylic acids is 1. The van der Waals surface area contributed by atoms with Gasteiger partial charge in [-0.3, -0.25) is 4.79 Å². The van der Waals surface area contributed by atoms with Crippen molar-refractivity contribution in [3.05, 3.63) is 65.7 Å². The van der Waals surface area contributed by atoms with Crippen molar-refractivity contribution >= 4 is 15.8 Å². The summed E-state index contributed by atoms with van der Waals surface area (Å²) in [5.41, 5.74) is 3.97. The van der Waals surface area contributed by atoms with Gasteiger partial charge in [-0.05, 0) is 68.8 Å². The monoisotopic (exact) mass is 412 g/mol. The molecule has 1 unspecified atom stereocenters. The summed E-state index contributed by atoms with van der Waals surface area (Å²) in [5, 5.41) is 0. The van der Waals surface area contributed by atoms with Crippen LogP contribution in [0.15, 0.2) is 65.1 Å². The molecule has 0 bridgehead atoms. The summed E-state index contributed by atoms with van der Waals surface area (Å²) in [6.45, 7) is 4.25. The number of hydrogen-bond acceptors (Lipinski definition) is 4. The third kappa shape index (κ3) is 4.66. The van der Waals surface area contributed by atoms with E-state index in [1.54, 1.807) is 18.2 Å². The van der Waals surface area contributed by atoms with E-state index in [9.17, 15) is 13.2 Å². The number of Topliss-reactive ketones (excluding diaryl/α,β-unsaturated/α-hetero) is 1. The Balaban J connectivity index is 1.77. The van der Waals surface area contributed by atoms with Gasteiger partial charge < -0.3 is 4.90 Å². The molecule has 2 aromatic rings. The Morgan fingerprint density at radius 1 is 1.00 bits per heavy atom. The van der Waals surface area contributed by atoms with Crippen molar-refractivity contribution in [3.63, 3.8) is 0 Å². The Bertz CT molecular complexity index is 1010. The molecular formula is C23H28N2O3S. The molecule has 0 aliphatic carbocycles. The molecule has 1 atom stereocenters. The minimum Gasteiger partial charge on any atom is -0.303 e. The minimum absolute atomic E-state index is 0.0115. The first-order valence-electron chi connectivity index (χ1n) is 9.77. The van der Waals surface area contributed by atoms with E-state index in [0.29, 0.717) is 24.6 Å². The number of benzene rings is 2. The molecule has 0 radical (unpaired) electrons. The summed E-state index contributed by atoms with van der Waals surface area (Å²) in [7, 11) is 0.539. The molecular weight excluding hydrogens is 384 g/mol. The van der Waals surface area contributed by atoms with Crippen molar-refractivity contribution in [1.82, 2.24) is 9.21 Å². The van der Waals surface area contributed by atoms with Gasteiger partial charge in [0.1, 0.15) is 0 Å². The van der Waals surface area contributed by atoms with Crippen molar-refractivity contribution in [2.45, 2.75) is 31.2 Å². The van der Waals surface area contributed by atoms with Gasteiger partial charge in [0.25, 0.3) is 0 Å². The highest BCUT2D eigenvalue weighted by atomic mass is 32.2. The Morgan fingerprint density at radius 2 is 1.55 bits per heavy atom. The second-order valence-electron chi connectivity index (χ2n) is 7.68. The van der Waals surface area contributed by atoms with E-state index >= 15 is 0 Å². The zero-order valence-electron chi connectivity index (χ0n) is 17.4. The molecule has 2 aromatic carbocycles. The van der Waals surface area contributed by atoms with Gasteiger partial charge >= 0.3 is 0 Å². The molecule has 1 aliphatic heterocycles. The maximum Gasteiger partial charge on any atom is 0.243 e. The SMILES string of the molecule is CC(=O)C1=CCN(S(=O)(=O)c2ccc(-c3ccc(C(C)N(C)C)cc3)cc2)CC1. The third-order valence-corrected chi connectivity index (χ3v) is 7.50. The minimum atomic E-state index is -3.57. The molecule has 3 rings (SSSR count). The average molecular weight is 413 g/mol. The van der Waals surface area contributed by atoms with Gasteiger partial charge in [0, 0.05) is 19.1 Å². The molecule has 6 heteroatoms. The number of carbonyl (C=O) groups is 1. The molecule has 0 spiro atoms. The Kier molecular flexibility index (Phi) is 6.36. The van der Waals surface area contributed by atoms with E-state index in [2.05, 4.69) is 50.2 Å². The first-order chi connectivity index (χ1) is 13.7. The summed E-state index contributed by atoms with van der Waals surface area (Å²) in [4.78, 5) is 13.9. The van der Waals surface area contributed by atoms with Crippen molar-refractivity contribution in [2.75, 3.05) is 27.2 Å². The quantitative estimate of drug-likeness (QED) is 0.722. The van der Waals surface area contributed by atoms with Crippen LogP contribution >= 0.6 is 0 Å². The second kappa shape index (κ2) is 8.61. The van der Waals surface area contributed by atoms with Crippen LogP contribution < -0.4 is 0 Å². The van der Waals surface area contributed by atoms with Gasteiger partial charge in [-0.2, -0.15) is 4.31 Å². The number of ketones is 1. The topological polar surface area (TPSA) is 57.7 Å². The standard InChI is InChI=1S/C23H28N2O3S/c1-17(24(3)4)19-5-7-21(8-6-19)22-9-11-23(12-10-22)29(27,28)25-15-13-20(14-16-25)18(2)26/h5-13,17H,14-16H2,1-4H3. The maximum atomic E-state index is 12.9.